The molecule has 0 N–H and O–H groups in total. The molecule has 1 aliphatic heterocycles. The smallest absolute Gasteiger partial charge is 0.129 e. The van der Waals surface area contributed by atoms with E-state index < -0.39 is 0 Å². The molecule has 0 saturated heterocycles. The van der Waals surface area contributed by atoms with Crippen LogP contribution in [0.1, 0.15) is 39.5 Å². The zero-order valence-electron chi connectivity index (χ0n) is 7.97. The highest BCUT2D eigenvalue weighted by Crippen LogP contribution is 2.20. The van der Waals surface area contributed by atoms with Gasteiger partial charge in [-0.2, -0.15) is 0 Å². The topological polar surface area (TPSA) is 29.4 Å². The number of hydrogen-bond acceptors (Lipinski definition) is 2. The molecule has 1 heterocycles. The highest BCUT2D eigenvalue weighted by molar-refractivity contribution is 5.82. The van der Waals surface area contributed by atoms with Crippen molar-refractivity contribution in [1.29, 1.82) is 0 Å². The van der Waals surface area contributed by atoms with Crippen LogP contribution in [0.2, 0.25) is 0 Å². The lowest BCUT2D eigenvalue weighted by Crippen LogP contribution is -2.14. The molecule has 0 spiro atoms. The maximum absolute atomic E-state index is 10.7. The van der Waals surface area contributed by atoms with Gasteiger partial charge in [-0.1, -0.05) is 0 Å². The van der Waals surface area contributed by atoms with Crippen molar-refractivity contribution >= 4 is 11.5 Å². The molecule has 0 saturated carbocycles. The number of ketones is 1. The van der Waals surface area contributed by atoms with Crippen molar-refractivity contribution in [3.8, 4) is 0 Å². The van der Waals surface area contributed by atoms with Gasteiger partial charge in [0.1, 0.15) is 5.78 Å². The van der Waals surface area contributed by atoms with Crippen LogP contribution in [0.3, 0.4) is 0 Å². The molecule has 0 amide bonds. The zero-order chi connectivity index (χ0) is 8.97. The normalized spacial score (nSPS) is 23.5. The number of carbonyl (C=O) groups excluding carboxylic acids is 1. The molecule has 1 unspecified atom stereocenters. The van der Waals surface area contributed by atoms with E-state index >= 15 is 0 Å². The maximum atomic E-state index is 10.7. The molecule has 0 aromatic heterocycles. The highest BCUT2D eigenvalue weighted by atomic mass is 16.1. The Hall–Kier alpha value is -0.660. The van der Waals surface area contributed by atoms with Crippen LogP contribution >= 0.6 is 0 Å². The lowest BCUT2D eigenvalue weighted by molar-refractivity contribution is -0.117. The minimum Gasteiger partial charge on any atom is -0.300 e. The molecule has 68 valence electrons. The summed E-state index contributed by atoms with van der Waals surface area (Å²) in [6.07, 6.45) is 4.08. The van der Waals surface area contributed by atoms with Crippen molar-refractivity contribution in [2.75, 3.05) is 6.54 Å². The van der Waals surface area contributed by atoms with Crippen molar-refractivity contribution in [3.05, 3.63) is 0 Å². The molecule has 0 aromatic carbocycles. The van der Waals surface area contributed by atoms with Crippen LogP contribution in [0, 0.1) is 5.92 Å². The molecule has 1 rings (SSSR count). The van der Waals surface area contributed by atoms with Crippen LogP contribution < -0.4 is 0 Å². The van der Waals surface area contributed by atoms with E-state index in [0.717, 1.165) is 25.8 Å². The van der Waals surface area contributed by atoms with E-state index in [1.165, 1.54) is 12.1 Å². The standard InChI is InChI=1S/C10H17NO/c1-8-7-10(5-6-11-8)4-3-9(2)12/h10H,3-7H2,1-2H3. The van der Waals surface area contributed by atoms with Crippen molar-refractivity contribution in [2.45, 2.75) is 39.5 Å². The van der Waals surface area contributed by atoms with Crippen LogP contribution in [0.5, 0.6) is 0 Å². The van der Waals surface area contributed by atoms with Gasteiger partial charge in [-0.25, -0.2) is 0 Å². The maximum Gasteiger partial charge on any atom is 0.129 e. The quantitative estimate of drug-likeness (QED) is 0.633. The van der Waals surface area contributed by atoms with Gasteiger partial charge < -0.3 is 4.79 Å². The Morgan fingerprint density at radius 3 is 3.00 bits per heavy atom. The number of carbonyl (C=O) groups is 1. The molecule has 12 heavy (non-hydrogen) atoms. The Morgan fingerprint density at radius 1 is 1.67 bits per heavy atom. The summed E-state index contributed by atoms with van der Waals surface area (Å²) in [4.78, 5) is 15.1. The summed E-state index contributed by atoms with van der Waals surface area (Å²) in [5.74, 6) is 1.03. The minimum absolute atomic E-state index is 0.315. The Balaban J connectivity index is 2.26. The van der Waals surface area contributed by atoms with E-state index in [4.69, 9.17) is 0 Å². The van der Waals surface area contributed by atoms with E-state index in [0.29, 0.717) is 11.7 Å². The lowest BCUT2D eigenvalue weighted by Gasteiger charge is -2.19. The predicted molar refractivity (Wildman–Crippen MR) is 50.6 cm³/mol. The van der Waals surface area contributed by atoms with Gasteiger partial charge >= 0.3 is 0 Å². The van der Waals surface area contributed by atoms with E-state index in [9.17, 15) is 4.79 Å². The van der Waals surface area contributed by atoms with Gasteiger partial charge in [0, 0.05) is 18.7 Å². The SMILES string of the molecule is CC(=O)CCC1CCN=C(C)C1. The van der Waals surface area contributed by atoms with E-state index in [2.05, 4.69) is 11.9 Å². The molecule has 0 aromatic rings. The fourth-order valence-corrected chi connectivity index (χ4v) is 1.68. The van der Waals surface area contributed by atoms with Crippen LogP contribution in [0.15, 0.2) is 4.99 Å². The molecular weight excluding hydrogens is 150 g/mol. The summed E-state index contributed by atoms with van der Waals surface area (Å²) in [7, 11) is 0. The second kappa shape index (κ2) is 4.39. The first-order chi connectivity index (χ1) is 5.68. The number of aliphatic imine (C=N–C) groups is 1. The van der Waals surface area contributed by atoms with Crippen LogP contribution in [0.4, 0.5) is 0 Å². The van der Waals surface area contributed by atoms with Crippen molar-refractivity contribution in [1.82, 2.24) is 0 Å². The summed E-state index contributed by atoms with van der Waals surface area (Å²) < 4.78 is 0. The van der Waals surface area contributed by atoms with Crippen molar-refractivity contribution < 1.29 is 4.79 Å². The minimum atomic E-state index is 0.315. The zero-order valence-corrected chi connectivity index (χ0v) is 7.97. The number of nitrogens with zero attached hydrogens (tertiary/aromatic N) is 1. The summed E-state index contributed by atoms with van der Waals surface area (Å²) >= 11 is 0. The average molecular weight is 167 g/mol. The first kappa shape index (κ1) is 9.43. The number of hydrogen-bond donors (Lipinski definition) is 0. The molecule has 0 fully saturated rings. The summed E-state index contributed by atoms with van der Waals surface area (Å²) in [6, 6.07) is 0. The molecule has 2 heteroatoms. The first-order valence-electron chi connectivity index (χ1n) is 4.68. The van der Waals surface area contributed by atoms with Gasteiger partial charge in [0.25, 0.3) is 0 Å². The number of Topliss-reactive ketones (excluding diaryl/α,β-unsaturated/α-hetero) is 1. The van der Waals surface area contributed by atoms with Gasteiger partial charge in [0.2, 0.25) is 0 Å². The third-order valence-electron chi connectivity index (χ3n) is 2.41. The second-order valence-corrected chi connectivity index (χ2v) is 3.72. The molecule has 0 aliphatic carbocycles. The van der Waals surface area contributed by atoms with Gasteiger partial charge in [-0.3, -0.25) is 4.99 Å². The van der Waals surface area contributed by atoms with Gasteiger partial charge in [0.15, 0.2) is 0 Å². The fraction of sp³-hybridized carbons (Fsp3) is 0.800. The van der Waals surface area contributed by atoms with Gasteiger partial charge in [-0.15, -0.1) is 0 Å². The van der Waals surface area contributed by atoms with Gasteiger partial charge in [0.05, 0.1) is 0 Å². The number of rotatable bonds is 3. The van der Waals surface area contributed by atoms with Crippen LogP contribution in [0.25, 0.3) is 0 Å². The van der Waals surface area contributed by atoms with Crippen LogP contribution in [-0.2, 0) is 4.79 Å². The summed E-state index contributed by atoms with van der Waals surface area (Å²) in [5, 5.41) is 0. The largest absolute Gasteiger partial charge is 0.300 e. The van der Waals surface area contributed by atoms with Crippen molar-refractivity contribution in [2.24, 2.45) is 10.9 Å². The Kier molecular flexibility index (Phi) is 3.45. The third kappa shape index (κ3) is 3.16. The third-order valence-corrected chi connectivity index (χ3v) is 2.41. The molecular formula is C10H17NO. The van der Waals surface area contributed by atoms with E-state index in [1.807, 2.05) is 0 Å². The molecule has 1 aliphatic rings. The molecule has 2 nitrogen and oxygen atoms in total. The second-order valence-electron chi connectivity index (χ2n) is 3.72. The Bertz CT molecular complexity index is 196. The lowest BCUT2D eigenvalue weighted by atomic mass is 9.91. The average Bonchev–Trinajstić information content (AvgIpc) is 2.01. The van der Waals surface area contributed by atoms with Gasteiger partial charge in [-0.05, 0) is 39.0 Å². The van der Waals surface area contributed by atoms with Crippen LogP contribution in [-0.4, -0.2) is 18.0 Å². The Labute approximate surface area is 74.1 Å². The predicted octanol–water partition coefficient (Wildman–Crippen LogP) is 2.23. The fourth-order valence-electron chi connectivity index (χ4n) is 1.68. The summed E-state index contributed by atoms with van der Waals surface area (Å²) in [5.41, 5.74) is 1.26. The van der Waals surface area contributed by atoms with Crippen molar-refractivity contribution in [3.63, 3.8) is 0 Å². The molecule has 0 bridgehead atoms. The van der Waals surface area contributed by atoms with E-state index in [-0.39, 0.29) is 0 Å². The summed E-state index contributed by atoms with van der Waals surface area (Å²) in [6.45, 7) is 4.72. The molecule has 0 radical (unpaired) electrons. The Morgan fingerprint density at radius 2 is 2.42 bits per heavy atom. The first-order valence-corrected chi connectivity index (χ1v) is 4.68. The monoisotopic (exact) mass is 167 g/mol. The molecule has 1 atom stereocenters. The van der Waals surface area contributed by atoms with E-state index in [1.54, 1.807) is 6.92 Å². The highest BCUT2D eigenvalue weighted by Gasteiger charge is 2.14.